The number of hydrogen-bond acceptors (Lipinski definition) is 4. The SMILES string of the molecule is O=C(N/N=C\c1ccccn1)[C@H]1CCCO1. The van der Waals surface area contributed by atoms with Crippen LogP contribution in [0.15, 0.2) is 29.5 Å². The fourth-order valence-corrected chi connectivity index (χ4v) is 1.47. The summed E-state index contributed by atoms with van der Waals surface area (Å²) in [5.41, 5.74) is 3.14. The number of pyridine rings is 1. The third-order valence-electron chi connectivity index (χ3n) is 2.28. The number of nitrogens with one attached hydrogen (secondary N) is 1. The van der Waals surface area contributed by atoms with Gasteiger partial charge in [0, 0.05) is 12.8 Å². The van der Waals surface area contributed by atoms with Crippen LogP contribution >= 0.6 is 0 Å². The molecule has 84 valence electrons. The molecule has 0 spiro atoms. The Labute approximate surface area is 93.5 Å². The van der Waals surface area contributed by atoms with Gasteiger partial charge in [0.05, 0.1) is 11.9 Å². The van der Waals surface area contributed by atoms with Crippen LogP contribution in [-0.4, -0.2) is 29.8 Å². The molecule has 5 nitrogen and oxygen atoms in total. The van der Waals surface area contributed by atoms with Crippen molar-refractivity contribution in [3.05, 3.63) is 30.1 Å². The molecule has 0 aromatic carbocycles. The van der Waals surface area contributed by atoms with Gasteiger partial charge < -0.3 is 4.74 Å². The molecule has 2 rings (SSSR count). The van der Waals surface area contributed by atoms with E-state index < -0.39 is 0 Å². The van der Waals surface area contributed by atoms with Gasteiger partial charge in [0.2, 0.25) is 0 Å². The van der Waals surface area contributed by atoms with Crippen molar-refractivity contribution in [3.8, 4) is 0 Å². The fraction of sp³-hybridized carbons (Fsp3) is 0.364. The van der Waals surface area contributed by atoms with E-state index in [4.69, 9.17) is 4.74 Å². The van der Waals surface area contributed by atoms with Crippen LogP contribution < -0.4 is 5.43 Å². The van der Waals surface area contributed by atoms with E-state index in [0.29, 0.717) is 12.3 Å². The highest BCUT2D eigenvalue weighted by Gasteiger charge is 2.22. The van der Waals surface area contributed by atoms with Gasteiger partial charge in [-0.3, -0.25) is 9.78 Å². The van der Waals surface area contributed by atoms with Crippen molar-refractivity contribution in [2.24, 2.45) is 5.10 Å². The number of carbonyl (C=O) groups excluding carboxylic acids is 1. The van der Waals surface area contributed by atoms with Crippen LogP contribution in [0.25, 0.3) is 0 Å². The molecule has 1 aromatic heterocycles. The first kappa shape index (κ1) is 10.8. The van der Waals surface area contributed by atoms with Crippen LogP contribution in [-0.2, 0) is 9.53 Å². The van der Waals surface area contributed by atoms with Gasteiger partial charge in [-0.2, -0.15) is 5.10 Å². The summed E-state index contributed by atoms with van der Waals surface area (Å²) in [6.45, 7) is 0.655. The van der Waals surface area contributed by atoms with Crippen LogP contribution in [0.5, 0.6) is 0 Å². The molecule has 1 amide bonds. The van der Waals surface area contributed by atoms with Crippen molar-refractivity contribution in [2.75, 3.05) is 6.61 Å². The monoisotopic (exact) mass is 219 g/mol. The predicted octanol–water partition coefficient (Wildman–Crippen LogP) is 0.711. The number of nitrogens with zero attached hydrogens (tertiary/aromatic N) is 2. The third-order valence-corrected chi connectivity index (χ3v) is 2.28. The Bertz CT molecular complexity index is 372. The van der Waals surface area contributed by atoms with Crippen LogP contribution in [0.4, 0.5) is 0 Å². The van der Waals surface area contributed by atoms with Gasteiger partial charge in [-0.1, -0.05) is 6.07 Å². The molecule has 2 heterocycles. The Balaban J connectivity index is 1.82. The average Bonchev–Trinajstić information content (AvgIpc) is 2.84. The third kappa shape index (κ3) is 2.87. The Morgan fingerprint density at radius 2 is 2.56 bits per heavy atom. The van der Waals surface area contributed by atoms with Gasteiger partial charge in [-0.25, -0.2) is 5.43 Å². The van der Waals surface area contributed by atoms with E-state index in [1.54, 1.807) is 6.20 Å². The fourth-order valence-electron chi connectivity index (χ4n) is 1.47. The summed E-state index contributed by atoms with van der Waals surface area (Å²) in [5.74, 6) is -0.190. The first-order chi connectivity index (χ1) is 7.86. The standard InChI is InChI=1S/C11H13N3O2/c15-11(10-5-3-7-16-10)14-13-8-9-4-1-2-6-12-9/h1-2,4,6,8,10H,3,5,7H2,(H,14,15)/b13-8-/t10-/m1/s1. The number of hydrazone groups is 1. The highest BCUT2D eigenvalue weighted by Crippen LogP contribution is 2.11. The van der Waals surface area contributed by atoms with Gasteiger partial charge in [0.25, 0.3) is 5.91 Å². The molecule has 1 aliphatic heterocycles. The molecule has 0 radical (unpaired) electrons. The van der Waals surface area contributed by atoms with Crippen molar-refractivity contribution in [3.63, 3.8) is 0 Å². The zero-order valence-electron chi connectivity index (χ0n) is 8.80. The van der Waals surface area contributed by atoms with Crippen LogP contribution in [0.3, 0.4) is 0 Å². The molecule has 0 bridgehead atoms. The lowest BCUT2D eigenvalue weighted by molar-refractivity contribution is -0.130. The van der Waals surface area contributed by atoms with Crippen molar-refractivity contribution in [1.29, 1.82) is 0 Å². The maximum Gasteiger partial charge on any atom is 0.269 e. The van der Waals surface area contributed by atoms with Gasteiger partial charge in [0.15, 0.2) is 0 Å². The van der Waals surface area contributed by atoms with Crippen molar-refractivity contribution in [2.45, 2.75) is 18.9 Å². The summed E-state index contributed by atoms with van der Waals surface area (Å²) < 4.78 is 5.22. The first-order valence-electron chi connectivity index (χ1n) is 5.22. The summed E-state index contributed by atoms with van der Waals surface area (Å²) in [6.07, 6.45) is 4.53. The Morgan fingerprint density at radius 3 is 3.25 bits per heavy atom. The Morgan fingerprint density at radius 1 is 1.62 bits per heavy atom. The van der Waals surface area contributed by atoms with Crippen LogP contribution in [0.2, 0.25) is 0 Å². The first-order valence-corrected chi connectivity index (χ1v) is 5.22. The Hall–Kier alpha value is -1.75. The number of ether oxygens (including phenoxy) is 1. The number of rotatable bonds is 3. The van der Waals surface area contributed by atoms with Gasteiger partial charge in [-0.15, -0.1) is 0 Å². The molecule has 16 heavy (non-hydrogen) atoms. The van der Waals surface area contributed by atoms with Crippen molar-refractivity contribution in [1.82, 2.24) is 10.4 Å². The van der Waals surface area contributed by atoms with Gasteiger partial charge >= 0.3 is 0 Å². The smallest absolute Gasteiger partial charge is 0.269 e. The Kier molecular flexibility index (Phi) is 3.61. The van der Waals surface area contributed by atoms with E-state index in [9.17, 15) is 4.79 Å². The molecule has 1 saturated heterocycles. The molecular formula is C11H13N3O2. The largest absolute Gasteiger partial charge is 0.368 e. The van der Waals surface area contributed by atoms with E-state index in [1.807, 2.05) is 18.2 Å². The zero-order valence-corrected chi connectivity index (χ0v) is 8.80. The van der Waals surface area contributed by atoms with Crippen LogP contribution in [0.1, 0.15) is 18.5 Å². The normalized spacial score (nSPS) is 20.1. The zero-order chi connectivity index (χ0) is 11.2. The summed E-state index contributed by atoms with van der Waals surface area (Å²) in [4.78, 5) is 15.5. The topological polar surface area (TPSA) is 63.6 Å². The summed E-state index contributed by atoms with van der Waals surface area (Å²) in [7, 11) is 0. The molecule has 1 fully saturated rings. The highest BCUT2D eigenvalue weighted by molar-refractivity contribution is 5.83. The lowest BCUT2D eigenvalue weighted by atomic mass is 10.2. The lowest BCUT2D eigenvalue weighted by Gasteiger charge is -2.05. The lowest BCUT2D eigenvalue weighted by Crippen LogP contribution is -2.30. The predicted molar refractivity (Wildman–Crippen MR) is 58.9 cm³/mol. The van der Waals surface area contributed by atoms with Crippen molar-refractivity contribution < 1.29 is 9.53 Å². The summed E-state index contributed by atoms with van der Waals surface area (Å²) >= 11 is 0. The maximum atomic E-state index is 11.5. The van der Waals surface area contributed by atoms with E-state index >= 15 is 0 Å². The molecule has 1 N–H and O–H groups in total. The average molecular weight is 219 g/mol. The number of carbonyl (C=O) groups is 1. The molecular weight excluding hydrogens is 206 g/mol. The molecule has 0 unspecified atom stereocenters. The molecule has 0 saturated carbocycles. The second-order valence-corrected chi connectivity index (χ2v) is 3.49. The number of hydrogen-bond donors (Lipinski definition) is 1. The molecule has 1 aromatic rings. The van der Waals surface area contributed by atoms with Gasteiger partial charge in [0.1, 0.15) is 6.10 Å². The quantitative estimate of drug-likeness (QED) is 0.601. The molecule has 1 aliphatic rings. The van der Waals surface area contributed by atoms with E-state index in [-0.39, 0.29) is 12.0 Å². The minimum Gasteiger partial charge on any atom is -0.368 e. The number of aromatic nitrogens is 1. The van der Waals surface area contributed by atoms with Gasteiger partial charge in [-0.05, 0) is 25.0 Å². The summed E-state index contributed by atoms with van der Waals surface area (Å²) in [5, 5.41) is 3.82. The van der Waals surface area contributed by atoms with E-state index in [1.165, 1.54) is 6.21 Å². The summed E-state index contributed by atoms with van der Waals surface area (Å²) in [6, 6.07) is 5.49. The van der Waals surface area contributed by atoms with E-state index in [0.717, 1.165) is 12.8 Å². The van der Waals surface area contributed by atoms with Crippen LogP contribution in [0, 0.1) is 0 Å². The molecule has 1 atom stereocenters. The maximum absolute atomic E-state index is 11.5. The van der Waals surface area contributed by atoms with Crippen molar-refractivity contribution >= 4 is 12.1 Å². The minimum atomic E-state index is -0.346. The second-order valence-electron chi connectivity index (χ2n) is 3.49. The second kappa shape index (κ2) is 5.37. The number of amides is 1. The van der Waals surface area contributed by atoms with E-state index in [2.05, 4.69) is 15.5 Å². The molecule has 0 aliphatic carbocycles. The minimum absolute atomic E-state index is 0.190. The highest BCUT2D eigenvalue weighted by atomic mass is 16.5. The molecule has 5 heteroatoms.